The van der Waals surface area contributed by atoms with Gasteiger partial charge in [-0.1, -0.05) is 6.07 Å². The molecule has 0 saturated carbocycles. The van der Waals surface area contributed by atoms with Crippen molar-refractivity contribution in [3.8, 4) is 11.5 Å². The third-order valence-electron chi connectivity index (χ3n) is 3.25. The molecule has 18 heavy (non-hydrogen) atoms. The van der Waals surface area contributed by atoms with Gasteiger partial charge in [-0.2, -0.15) is 0 Å². The topological polar surface area (TPSA) is 81.6 Å². The van der Waals surface area contributed by atoms with Crippen molar-refractivity contribution in [2.24, 2.45) is 0 Å². The summed E-state index contributed by atoms with van der Waals surface area (Å²) in [6.45, 7) is 2.49. The Kier molecular flexibility index (Phi) is 3.72. The molecule has 98 valence electrons. The van der Waals surface area contributed by atoms with Crippen LogP contribution in [0.15, 0.2) is 18.2 Å². The average molecular weight is 250 g/mol. The zero-order valence-electron chi connectivity index (χ0n) is 10.3. The molecular weight excluding hydrogens is 232 g/mol. The van der Waals surface area contributed by atoms with Crippen molar-refractivity contribution >= 4 is 5.91 Å². The minimum Gasteiger partial charge on any atom is -0.507 e. The van der Waals surface area contributed by atoms with Gasteiger partial charge in [0.25, 0.3) is 0 Å². The first-order chi connectivity index (χ1) is 8.58. The fourth-order valence-electron chi connectivity index (χ4n) is 2.24. The fourth-order valence-corrected chi connectivity index (χ4v) is 2.24. The third-order valence-corrected chi connectivity index (χ3v) is 3.25. The van der Waals surface area contributed by atoms with Crippen molar-refractivity contribution in [1.82, 2.24) is 10.6 Å². The van der Waals surface area contributed by atoms with Crippen molar-refractivity contribution in [2.45, 2.75) is 31.8 Å². The predicted octanol–water partition coefficient (Wildman–Crippen LogP) is 1.03. The SMILES string of the molecule is CC(NCC1CCC(=O)N1)c1c(O)cccc1O. The summed E-state index contributed by atoms with van der Waals surface area (Å²) in [6.07, 6.45) is 1.40. The van der Waals surface area contributed by atoms with Gasteiger partial charge in [-0.3, -0.25) is 4.79 Å². The van der Waals surface area contributed by atoms with E-state index >= 15 is 0 Å². The summed E-state index contributed by atoms with van der Waals surface area (Å²) in [5, 5.41) is 25.5. The molecule has 2 atom stereocenters. The second-order valence-electron chi connectivity index (χ2n) is 4.64. The molecule has 5 heteroatoms. The van der Waals surface area contributed by atoms with Crippen LogP contribution in [0, 0.1) is 0 Å². The number of amides is 1. The van der Waals surface area contributed by atoms with E-state index < -0.39 is 0 Å². The highest BCUT2D eigenvalue weighted by atomic mass is 16.3. The summed E-state index contributed by atoms with van der Waals surface area (Å²) in [5.41, 5.74) is 0.488. The van der Waals surface area contributed by atoms with Crippen LogP contribution in [0.1, 0.15) is 31.4 Å². The Morgan fingerprint density at radius 2 is 2.11 bits per heavy atom. The maximum absolute atomic E-state index is 11.1. The largest absolute Gasteiger partial charge is 0.507 e. The molecule has 0 bridgehead atoms. The minimum atomic E-state index is -0.177. The zero-order chi connectivity index (χ0) is 13.1. The molecule has 0 aromatic heterocycles. The molecule has 4 N–H and O–H groups in total. The van der Waals surface area contributed by atoms with E-state index in [9.17, 15) is 15.0 Å². The number of carbonyl (C=O) groups excluding carboxylic acids is 1. The summed E-state index contributed by atoms with van der Waals surface area (Å²) in [4.78, 5) is 11.1. The predicted molar refractivity (Wildman–Crippen MR) is 67.4 cm³/mol. The molecule has 1 aliphatic heterocycles. The zero-order valence-corrected chi connectivity index (χ0v) is 10.3. The molecule has 1 aromatic carbocycles. The van der Waals surface area contributed by atoms with Crippen LogP contribution in [0.25, 0.3) is 0 Å². The van der Waals surface area contributed by atoms with Crippen LogP contribution in [0.2, 0.25) is 0 Å². The van der Waals surface area contributed by atoms with Crippen LogP contribution < -0.4 is 10.6 Å². The lowest BCUT2D eigenvalue weighted by Crippen LogP contribution is -2.36. The lowest BCUT2D eigenvalue weighted by Gasteiger charge is -2.19. The molecule has 0 aliphatic carbocycles. The van der Waals surface area contributed by atoms with Crippen molar-refractivity contribution < 1.29 is 15.0 Å². The third kappa shape index (κ3) is 2.73. The Hall–Kier alpha value is -1.75. The van der Waals surface area contributed by atoms with Crippen molar-refractivity contribution in [1.29, 1.82) is 0 Å². The van der Waals surface area contributed by atoms with Gasteiger partial charge in [0, 0.05) is 25.0 Å². The number of benzene rings is 1. The molecule has 1 saturated heterocycles. The van der Waals surface area contributed by atoms with Crippen molar-refractivity contribution in [3.05, 3.63) is 23.8 Å². The number of nitrogens with one attached hydrogen (secondary N) is 2. The van der Waals surface area contributed by atoms with E-state index in [0.717, 1.165) is 6.42 Å². The van der Waals surface area contributed by atoms with Gasteiger partial charge in [-0.25, -0.2) is 0 Å². The molecule has 2 unspecified atom stereocenters. The van der Waals surface area contributed by atoms with E-state index in [1.807, 2.05) is 6.92 Å². The van der Waals surface area contributed by atoms with Crippen LogP contribution >= 0.6 is 0 Å². The highest BCUT2D eigenvalue weighted by Gasteiger charge is 2.22. The highest BCUT2D eigenvalue weighted by molar-refractivity contribution is 5.78. The van der Waals surface area contributed by atoms with Gasteiger partial charge in [0.15, 0.2) is 0 Å². The van der Waals surface area contributed by atoms with E-state index in [-0.39, 0.29) is 29.5 Å². The number of phenols is 2. The molecule has 1 fully saturated rings. The first-order valence-electron chi connectivity index (χ1n) is 6.11. The van der Waals surface area contributed by atoms with Gasteiger partial charge in [-0.15, -0.1) is 0 Å². The second-order valence-corrected chi connectivity index (χ2v) is 4.64. The molecule has 1 amide bonds. The fraction of sp³-hybridized carbons (Fsp3) is 0.462. The Balaban J connectivity index is 1.95. The Labute approximate surface area is 106 Å². The van der Waals surface area contributed by atoms with E-state index in [1.165, 1.54) is 0 Å². The Morgan fingerprint density at radius 3 is 2.67 bits per heavy atom. The lowest BCUT2D eigenvalue weighted by molar-refractivity contribution is -0.119. The van der Waals surface area contributed by atoms with Gasteiger partial charge in [0.1, 0.15) is 11.5 Å². The normalized spacial score (nSPS) is 20.7. The molecule has 5 nitrogen and oxygen atoms in total. The van der Waals surface area contributed by atoms with Crippen LogP contribution in [0.3, 0.4) is 0 Å². The second kappa shape index (κ2) is 5.27. The summed E-state index contributed by atoms with van der Waals surface area (Å²) in [6, 6.07) is 4.64. The maximum atomic E-state index is 11.1. The minimum absolute atomic E-state index is 0.0745. The monoisotopic (exact) mass is 250 g/mol. The highest BCUT2D eigenvalue weighted by Crippen LogP contribution is 2.32. The van der Waals surface area contributed by atoms with Gasteiger partial charge in [0.2, 0.25) is 5.91 Å². The quantitative estimate of drug-likeness (QED) is 0.643. The van der Waals surface area contributed by atoms with E-state index in [0.29, 0.717) is 18.5 Å². The van der Waals surface area contributed by atoms with E-state index in [1.54, 1.807) is 18.2 Å². The van der Waals surface area contributed by atoms with Gasteiger partial charge in [0.05, 0.1) is 5.56 Å². The number of rotatable bonds is 4. The standard InChI is InChI=1S/C13H18N2O3/c1-8(13-10(16)3-2-4-11(13)17)14-7-9-5-6-12(18)15-9/h2-4,8-9,14,16-17H,5-7H2,1H3,(H,15,18). The maximum Gasteiger partial charge on any atom is 0.220 e. The van der Waals surface area contributed by atoms with Crippen LogP contribution in [-0.4, -0.2) is 28.7 Å². The molecule has 0 spiro atoms. The number of hydrogen-bond donors (Lipinski definition) is 4. The lowest BCUT2D eigenvalue weighted by atomic mass is 10.1. The number of hydrogen-bond acceptors (Lipinski definition) is 4. The summed E-state index contributed by atoms with van der Waals surface area (Å²) in [5.74, 6) is 0.232. The van der Waals surface area contributed by atoms with Gasteiger partial charge in [-0.05, 0) is 25.5 Å². The molecular formula is C13H18N2O3. The molecule has 2 rings (SSSR count). The van der Waals surface area contributed by atoms with Crippen LogP contribution in [0.5, 0.6) is 11.5 Å². The van der Waals surface area contributed by atoms with Gasteiger partial charge < -0.3 is 20.8 Å². The van der Waals surface area contributed by atoms with Crippen molar-refractivity contribution in [3.63, 3.8) is 0 Å². The van der Waals surface area contributed by atoms with E-state index in [2.05, 4.69) is 10.6 Å². The molecule has 1 aromatic rings. The summed E-state index contributed by atoms with van der Waals surface area (Å²) >= 11 is 0. The Morgan fingerprint density at radius 1 is 1.44 bits per heavy atom. The molecule has 1 heterocycles. The summed E-state index contributed by atoms with van der Waals surface area (Å²) < 4.78 is 0. The first-order valence-corrected chi connectivity index (χ1v) is 6.11. The van der Waals surface area contributed by atoms with Crippen molar-refractivity contribution in [2.75, 3.05) is 6.54 Å². The number of aromatic hydroxyl groups is 2. The average Bonchev–Trinajstić information content (AvgIpc) is 2.72. The first kappa shape index (κ1) is 12.7. The van der Waals surface area contributed by atoms with Crippen LogP contribution in [-0.2, 0) is 4.79 Å². The smallest absolute Gasteiger partial charge is 0.220 e. The van der Waals surface area contributed by atoms with E-state index in [4.69, 9.17) is 0 Å². The van der Waals surface area contributed by atoms with Gasteiger partial charge >= 0.3 is 0 Å². The summed E-state index contributed by atoms with van der Waals surface area (Å²) in [7, 11) is 0. The van der Waals surface area contributed by atoms with Crippen LogP contribution in [0.4, 0.5) is 0 Å². The molecule has 1 aliphatic rings. The molecule has 0 radical (unpaired) electrons. The number of carbonyl (C=O) groups is 1. The number of phenolic OH excluding ortho intramolecular Hbond substituents is 2. The Bertz CT molecular complexity index is 428.